The van der Waals surface area contributed by atoms with Crippen molar-refractivity contribution in [3.05, 3.63) is 52.8 Å². The molecule has 136 valence electrons. The summed E-state index contributed by atoms with van der Waals surface area (Å²) in [6.07, 6.45) is -3.04. The predicted molar refractivity (Wildman–Crippen MR) is 90.5 cm³/mol. The Morgan fingerprint density at radius 1 is 1.38 bits per heavy atom. The zero-order valence-corrected chi connectivity index (χ0v) is 14.1. The van der Waals surface area contributed by atoms with Crippen molar-refractivity contribution in [2.45, 2.75) is 13.1 Å². The Hall–Kier alpha value is -3.28. The van der Waals surface area contributed by atoms with E-state index in [0.29, 0.717) is 11.3 Å². The second-order valence-corrected chi connectivity index (χ2v) is 5.47. The molecule has 2 rings (SSSR count). The number of hydrogen-bond donors (Lipinski definition) is 2. The lowest BCUT2D eigenvalue weighted by molar-refractivity contribution is -0.137. The van der Waals surface area contributed by atoms with Gasteiger partial charge in [0, 0.05) is 24.0 Å². The van der Waals surface area contributed by atoms with Crippen LogP contribution in [-0.4, -0.2) is 23.2 Å². The zero-order valence-electron chi connectivity index (χ0n) is 14.1. The van der Waals surface area contributed by atoms with Gasteiger partial charge in [-0.3, -0.25) is 4.79 Å². The van der Waals surface area contributed by atoms with Gasteiger partial charge in [-0.1, -0.05) is 6.07 Å². The molecule has 0 atom stereocenters. The average molecular weight is 363 g/mol. The molecule has 2 aromatic rings. The molecule has 0 saturated carbocycles. The average Bonchev–Trinajstić information content (AvgIpc) is 2.87. The lowest BCUT2D eigenvalue weighted by atomic mass is 10.2. The van der Waals surface area contributed by atoms with Crippen LogP contribution in [0.3, 0.4) is 0 Å². The molecule has 1 amide bonds. The van der Waals surface area contributed by atoms with E-state index >= 15 is 0 Å². The van der Waals surface area contributed by atoms with Crippen LogP contribution in [0.25, 0.3) is 0 Å². The van der Waals surface area contributed by atoms with Crippen molar-refractivity contribution < 1.29 is 18.0 Å². The summed E-state index contributed by atoms with van der Waals surface area (Å²) in [5.41, 5.74) is 3.60. The normalized spacial score (nSPS) is 11.4. The molecule has 0 spiro atoms. The SMILES string of the molecule is Cc1c(/C=N\NC(=O)CNc2cccc(C(F)(F)F)c2)cc(C#N)n1C. The van der Waals surface area contributed by atoms with Crippen LogP contribution in [0.15, 0.2) is 35.4 Å². The lowest BCUT2D eigenvalue weighted by Gasteiger charge is -2.10. The standard InChI is InChI=1S/C17H16F3N5O/c1-11-12(6-15(8-21)25(11)2)9-23-24-16(26)10-22-14-5-3-4-13(7-14)17(18,19)20/h3-7,9,22H,10H2,1-2H3,(H,24,26)/b23-9-. The number of hydrogen-bond acceptors (Lipinski definition) is 4. The molecule has 1 aromatic carbocycles. The van der Waals surface area contributed by atoms with Crippen LogP contribution in [0.1, 0.15) is 22.5 Å². The van der Waals surface area contributed by atoms with Gasteiger partial charge in [-0.05, 0) is 31.2 Å². The minimum absolute atomic E-state index is 0.177. The summed E-state index contributed by atoms with van der Waals surface area (Å²) in [4.78, 5) is 11.7. The fourth-order valence-corrected chi connectivity index (χ4v) is 2.16. The number of aromatic nitrogens is 1. The van der Waals surface area contributed by atoms with E-state index in [0.717, 1.165) is 17.8 Å². The highest BCUT2D eigenvalue weighted by Crippen LogP contribution is 2.30. The molecule has 0 aliphatic carbocycles. The molecular formula is C17H16F3N5O. The Kier molecular flexibility index (Phi) is 5.67. The minimum Gasteiger partial charge on any atom is -0.376 e. The molecule has 0 radical (unpaired) electrons. The number of anilines is 1. The van der Waals surface area contributed by atoms with Crippen LogP contribution in [0, 0.1) is 18.3 Å². The van der Waals surface area contributed by atoms with Crippen LogP contribution < -0.4 is 10.7 Å². The topological polar surface area (TPSA) is 82.2 Å². The highest BCUT2D eigenvalue weighted by molar-refractivity contribution is 5.85. The molecule has 1 aromatic heterocycles. The van der Waals surface area contributed by atoms with Crippen molar-refractivity contribution >= 4 is 17.8 Å². The summed E-state index contributed by atoms with van der Waals surface area (Å²) >= 11 is 0. The summed E-state index contributed by atoms with van der Waals surface area (Å²) in [7, 11) is 1.74. The van der Waals surface area contributed by atoms with Crippen molar-refractivity contribution in [2.75, 3.05) is 11.9 Å². The smallest absolute Gasteiger partial charge is 0.376 e. The van der Waals surface area contributed by atoms with Gasteiger partial charge in [-0.15, -0.1) is 0 Å². The molecule has 26 heavy (non-hydrogen) atoms. The summed E-state index contributed by atoms with van der Waals surface area (Å²) < 4.78 is 39.6. The first-order valence-electron chi connectivity index (χ1n) is 7.52. The first-order valence-corrected chi connectivity index (χ1v) is 7.52. The van der Waals surface area contributed by atoms with Gasteiger partial charge in [-0.2, -0.15) is 23.5 Å². The third-order valence-electron chi connectivity index (χ3n) is 3.72. The summed E-state index contributed by atoms with van der Waals surface area (Å²) in [5.74, 6) is -0.521. The van der Waals surface area contributed by atoms with E-state index < -0.39 is 17.6 Å². The van der Waals surface area contributed by atoms with E-state index in [4.69, 9.17) is 5.26 Å². The molecular weight excluding hydrogens is 347 g/mol. The van der Waals surface area contributed by atoms with Gasteiger partial charge in [0.25, 0.3) is 5.91 Å². The number of amides is 1. The number of nitriles is 1. The third kappa shape index (κ3) is 4.63. The second-order valence-electron chi connectivity index (χ2n) is 5.47. The number of halogens is 3. The highest BCUT2D eigenvalue weighted by Gasteiger charge is 2.30. The van der Waals surface area contributed by atoms with Crippen molar-refractivity contribution in [3.8, 4) is 6.07 Å². The lowest BCUT2D eigenvalue weighted by Crippen LogP contribution is -2.26. The monoisotopic (exact) mass is 363 g/mol. The first kappa shape index (κ1) is 19.1. The summed E-state index contributed by atoms with van der Waals surface area (Å²) in [5, 5.41) is 15.4. The van der Waals surface area contributed by atoms with E-state index in [9.17, 15) is 18.0 Å². The summed E-state index contributed by atoms with van der Waals surface area (Å²) in [6.45, 7) is 1.56. The number of carbonyl (C=O) groups excluding carboxylic acids is 1. The van der Waals surface area contributed by atoms with Gasteiger partial charge in [0.15, 0.2) is 0 Å². The predicted octanol–water partition coefficient (Wildman–Crippen LogP) is 2.79. The Bertz CT molecular complexity index is 877. The maximum Gasteiger partial charge on any atom is 0.416 e. The Morgan fingerprint density at radius 3 is 2.73 bits per heavy atom. The molecule has 9 heteroatoms. The molecule has 0 aliphatic heterocycles. The number of nitrogens with one attached hydrogen (secondary N) is 2. The van der Waals surface area contributed by atoms with Gasteiger partial charge < -0.3 is 9.88 Å². The van der Waals surface area contributed by atoms with Crippen LogP contribution in [-0.2, 0) is 18.0 Å². The van der Waals surface area contributed by atoms with Gasteiger partial charge in [-0.25, -0.2) is 5.43 Å². The number of hydrazone groups is 1. The molecule has 2 N–H and O–H groups in total. The number of benzene rings is 1. The van der Waals surface area contributed by atoms with Crippen LogP contribution in [0.4, 0.5) is 18.9 Å². The largest absolute Gasteiger partial charge is 0.416 e. The van der Waals surface area contributed by atoms with Crippen molar-refractivity contribution in [3.63, 3.8) is 0 Å². The first-order chi connectivity index (χ1) is 12.2. The molecule has 0 bridgehead atoms. The maximum absolute atomic E-state index is 12.6. The van der Waals surface area contributed by atoms with Gasteiger partial charge in [0.1, 0.15) is 11.8 Å². The second kappa shape index (κ2) is 7.74. The molecule has 1 heterocycles. The quantitative estimate of drug-likeness (QED) is 0.633. The fraction of sp³-hybridized carbons (Fsp3) is 0.235. The highest BCUT2D eigenvalue weighted by atomic mass is 19.4. The van der Waals surface area contributed by atoms with E-state index in [1.807, 2.05) is 6.07 Å². The van der Waals surface area contributed by atoms with Crippen molar-refractivity contribution in [2.24, 2.45) is 12.1 Å². The molecule has 6 nitrogen and oxygen atoms in total. The molecule has 0 aliphatic rings. The van der Waals surface area contributed by atoms with E-state index in [1.165, 1.54) is 18.3 Å². The van der Waals surface area contributed by atoms with Gasteiger partial charge in [0.2, 0.25) is 0 Å². The number of carbonyl (C=O) groups is 1. The summed E-state index contributed by atoms with van der Waals surface area (Å²) in [6, 6.07) is 8.23. The fourth-order valence-electron chi connectivity index (χ4n) is 2.16. The zero-order chi connectivity index (χ0) is 19.3. The maximum atomic E-state index is 12.6. The number of rotatable bonds is 5. The van der Waals surface area contributed by atoms with E-state index in [-0.39, 0.29) is 12.2 Å². The van der Waals surface area contributed by atoms with Crippen molar-refractivity contribution in [1.29, 1.82) is 5.26 Å². The van der Waals surface area contributed by atoms with Crippen LogP contribution in [0.2, 0.25) is 0 Å². The molecule has 0 unspecified atom stereocenters. The third-order valence-corrected chi connectivity index (χ3v) is 3.72. The number of alkyl halides is 3. The van der Waals surface area contributed by atoms with Gasteiger partial charge in [0.05, 0.1) is 18.3 Å². The Labute approximate surface area is 147 Å². The Balaban J connectivity index is 1.91. The van der Waals surface area contributed by atoms with Crippen molar-refractivity contribution in [1.82, 2.24) is 9.99 Å². The van der Waals surface area contributed by atoms with E-state index in [1.54, 1.807) is 24.6 Å². The molecule has 0 fully saturated rings. The van der Waals surface area contributed by atoms with Crippen LogP contribution >= 0.6 is 0 Å². The van der Waals surface area contributed by atoms with E-state index in [2.05, 4.69) is 15.8 Å². The Morgan fingerprint density at radius 2 is 2.12 bits per heavy atom. The number of nitrogens with zero attached hydrogens (tertiary/aromatic N) is 3. The molecule has 0 saturated heterocycles. The van der Waals surface area contributed by atoms with Crippen LogP contribution in [0.5, 0.6) is 0 Å². The van der Waals surface area contributed by atoms with Gasteiger partial charge >= 0.3 is 6.18 Å². The minimum atomic E-state index is -4.44.